The molecule has 0 bridgehead atoms. The lowest BCUT2D eigenvalue weighted by Crippen LogP contribution is -1.99. The zero-order valence-corrected chi connectivity index (χ0v) is 11.2. The summed E-state index contributed by atoms with van der Waals surface area (Å²) in [6, 6.07) is 22.8. The first kappa shape index (κ1) is 12.4. The molecule has 98 valence electrons. The molecule has 1 N–H and O–H groups in total. The Morgan fingerprint density at radius 2 is 1.45 bits per heavy atom. The predicted molar refractivity (Wildman–Crippen MR) is 83.4 cm³/mol. The Labute approximate surface area is 119 Å². The number of pyridine rings is 1. The third-order valence-electron chi connectivity index (χ3n) is 3.18. The summed E-state index contributed by atoms with van der Waals surface area (Å²) in [7, 11) is 0. The first-order chi connectivity index (χ1) is 9.92. The van der Waals surface area contributed by atoms with Gasteiger partial charge in [0.05, 0.1) is 5.69 Å². The van der Waals surface area contributed by atoms with E-state index in [4.69, 9.17) is 0 Å². The predicted octanol–water partition coefficient (Wildman–Crippen LogP) is 4.36. The first-order valence-electron chi connectivity index (χ1n) is 6.70. The van der Waals surface area contributed by atoms with Crippen molar-refractivity contribution in [3.05, 3.63) is 84.7 Å². The van der Waals surface area contributed by atoms with Crippen molar-refractivity contribution in [2.24, 2.45) is 0 Å². The van der Waals surface area contributed by atoms with Crippen LogP contribution in [0.1, 0.15) is 5.56 Å². The summed E-state index contributed by atoms with van der Waals surface area (Å²) in [5.41, 5.74) is 4.61. The Morgan fingerprint density at radius 1 is 0.750 bits per heavy atom. The molecule has 0 unspecified atom stereocenters. The SMILES string of the molecule is c1ccc(CNc2cncc(-c3ccccc3)c2)cc1. The minimum Gasteiger partial charge on any atom is -0.380 e. The fraction of sp³-hybridized carbons (Fsp3) is 0.0556. The number of nitrogens with zero attached hydrogens (tertiary/aromatic N) is 1. The van der Waals surface area contributed by atoms with Crippen molar-refractivity contribution in [3.8, 4) is 11.1 Å². The Balaban J connectivity index is 1.75. The van der Waals surface area contributed by atoms with Crippen LogP contribution in [0.3, 0.4) is 0 Å². The second-order valence-corrected chi connectivity index (χ2v) is 4.67. The fourth-order valence-corrected chi connectivity index (χ4v) is 2.13. The topological polar surface area (TPSA) is 24.9 Å². The number of hydrogen-bond donors (Lipinski definition) is 1. The third kappa shape index (κ3) is 3.04. The molecule has 0 radical (unpaired) electrons. The summed E-state index contributed by atoms with van der Waals surface area (Å²) in [5.74, 6) is 0. The fourth-order valence-electron chi connectivity index (χ4n) is 2.13. The minimum absolute atomic E-state index is 0.806. The van der Waals surface area contributed by atoms with E-state index in [-0.39, 0.29) is 0 Å². The van der Waals surface area contributed by atoms with E-state index in [0.717, 1.165) is 17.8 Å². The zero-order valence-electron chi connectivity index (χ0n) is 11.2. The largest absolute Gasteiger partial charge is 0.380 e. The highest BCUT2D eigenvalue weighted by atomic mass is 14.9. The van der Waals surface area contributed by atoms with Crippen LogP contribution < -0.4 is 5.32 Å². The molecule has 1 heterocycles. The van der Waals surface area contributed by atoms with Crippen molar-refractivity contribution in [1.82, 2.24) is 4.98 Å². The molecule has 2 aromatic carbocycles. The van der Waals surface area contributed by atoms with Gasteiger partial charge in [-0.25, -0.2) is 0 Å². The molecular weight excluding hydrogens is 244 g/mol. The van der Waals surface area contributed by atoms with Crippen molar-refractivity contribution < 1.29 is 0 Å². The van der Waals surface area contributed by atoms with Crippen LogP contribution in [0.5, 0.6) is 0 Å². The number of aromatic nitrogens is 1. The summed E-state index contributed by atoms with van der Waals surface area (Å²) in [4.78, 5) is 4.31. The summed E-state index contributed by atoms with van der Waals surface area (Å²) in [5, 5.41) is 3.41. The smallest absolute Gasteiger partial charge is 0.0535 e. The van der Waals surface area contributed by atoms with Gasteiger partial charge in [-0.15, -0.1) is 0 Å². The van der Waals surface area contributed by atoms with Gasteiger partial charge in [-0.05, 0) is 17.2 Å². The molecule has 0 spiro atoms. The minimum atomic E-state index is 0.806. The molecule has 1 aromatic heterocycles. The maximum Gasteiger partial charge on any atom is 0.0535 e. The Bertz CT molecular complexity index is 663. The van der Waals surface area contributed by atoms with Gasteiger partial charge in [-0.2, -0.15) is 0 Å². The highest BCUT2D eigenvalue weighted by molar-refractivity contribution is 5.66. The van der Waals surface area contributed by atoms with Gasteiger partial charge in [-0.1, -0.05) is 60.7 Å². The van der Waals surface area contributed by atoms with E-state index >= 15 is 0 Å². The van der Waals surface area contributed by atoms with E-state index in [0.29, 0.717) is 0 Å². The number of benzene rings is 2. The van der Waals surface area contributed by atoms with E-state index in [9.17, 15) is 0 Å². The van der Waals surface area contributed by atoms with Crippen molar-refractivity contribution >= 4 is 5.69 Å². The summed E-state index contributed by atoms with van der Waals surface area (Å²) >= 11 is 0. The van der Waals surface area contributed by atoms with Crippen LogP contribution in [0.25, 0.3) is 11.1 Å². The van der Waals surface area contributed by atoms with Crippen LogP contribution >= 0.6 is 0 Å². The second-order valence-electron chi connectivity index (χ2n) is 4.67. The molecule has 0 fully saturated rings. The number of hydrogen-bond acceptors (Lipinski definition) is 2. The van der Waals surface area contributed by atoms with Gasteiger partial charge >= 0.3 is 0 Å². The molecule has 0 aliphatic carbocycles. The molecule has 20 heavy (non-hydrogen) atoms. The Kier molecular flexibility index (Phi) is 3.74. The number of rotatable bonds is 4. The van der Waals surface area contributed by atoms with E-state index in [2.05, 4.69) is 52.8 Å². The van der Waals surface area contributed by atoms with Gasteiger partial charge in [-0.3, -0.25) is 4.98 Å². The first-order valence-corrected chi connectivity index (χ1v) is 6.70. The average Bonchev–Trinajstić information content (AvgIpc) is 2.55. The molecular formula is C18H16N2. The van der Waals surface area contributed by atoms with E-state index in [1.807, 2.05) is 36.7 Å². The Morgan fingerprint density at radius 3 is 2.20 bits per heavy atom. The van der Waals surface area contributed by atoms with E-state index < -0.39 is 0 Å². The summed E-state index contributed by atoms with van der Waals surface area (Å²) < 4.78 is 0. The quantitative estimate of drug-likeness (QED) is 0.754. The highest BCUT2D eigenvalue weighted by Gasteiger charge is 1.99. The van der Waals surface area contributed by atoms with Gasteiger partial charge in [0, 0.05) is 24.5 Å². The molecule has 0 atom stereocenters. The van der Waals surface area contributed by atoms with Crippen LogP contribution in [0.4, 0.5) is 5.69 Å². The van der Waals surface area contributed by atoms with Crippen molar-refractivity contribution in [1.29, 1.82) is 0 Å². The monoisotopic (exact) mass is 260 g/mol. The lowest BCUT2D eigenvalue weighted by atomic mass is 10.1. The third-order valence-corrected chi connectivity index (χ3v) is 3.18. The molecule has 0 aliphatic heterocycles. The van der Waals surface area contributed by atoms with E-state index in [1.54, 1.807) is 0 Å². The standard InChI is InChI=1S/C18H16N2/c1-3-7-15(8-4-1)12-20-18-11-17(13-19-14-18)16-9-5-2-6-10-16/h1-11,13-14,20H,12H2. The maximum absolute atomic E-state index is 4.31. The van der Waals surface area contributed by atoms with Crippen molar-refractivity contribution in [2.75, 3.05) is 5.32 Å². The molecule has 3 aromatic rings. The highest BCUT2D eigenvalue weighted by Crippen LogP contribution is 2.21. The summed E-state index contributed by atoms with van der Waals surface area (Å²) in [6.07, 6.45) is 3.75. The van der Waals surface area contributed by atoms with Gasteiger partial charge in [0.15, 0.2) is 0 Å². The second kappa shape index (κ2) is 6.02. The average molecular weight is 260 g/mol. The van der Waals surface area contributed by atoms with Crippen LogP contribution in [0.15, 0.2) is 79.1 Å². The molecule has 0 amide bonds. The van der Waals surface area contributed by atoms with Crippen LogP contribution in [-0.2, 0) is 6.54 Å². The maximum atomic E-state index is 4.31. The van der Waals surface area contributed by atoms with Gasteiger partial charge in [0.2, 0.25) is 0 Å². The van der Waals surface area contributed by atoms with Crippen LogP contribution in [-0.4, -0.2) is 4.98 Å². The molecule has 2 heteroatoms. The van der Waals surface area contributed by atoms with Gasteiger partial charge in [0.25, 0.3) is 0 Å². The lowest BCUT2D eigenvalue weighted by Gasteiger charge is -2.08. The van der Waals surface area contributed by atoms with Crippen molar-refractivity contribution in [2.45, 2.75) is 6.54 Å². The molecule has 0 saturated heterocycles. The normalized spacial score (nSPS) is 10.2. The van der Waals surface area contributed by atoms with Crippen LogP contribution in [0, 0.1) is 0 Å². The Hall–Kier alpha value is -2.61. The number of anilines is 1. The van der Waals surface area contributed by atoms with E-state index in [1.165, 1.54) is 11.1 Å². The molecule has 0 aliphatic rings. The van der Waals surface area contributed by atoms with Gasteiger partial charge in [0.1, 0.15) is 0 Å². The lowest BCUT2D eigenvalue weighted by molar-refractivity contribution is 1.14. The molecule has 2 nitrogen and oxygen atoms in total. The number of nitrogens with one attached hydrogen (secondary N) is 1. The molecule has 0 saturated carbocycles. The zero-order chi connectivity index (χ0) is 13.6. The van der Waals surface area contributed by atoms with Crippen molar-refractivity contribution in [3.63, 3.8) is 0 Å². The summed E-state index contributed by atoms with van der Waals surface area (Å²) in [6.45, 7) is 0.806. The van der Waals surface area contributed by atoms with Crippen LogP contribution in [0.2, 0.25) is 0 Å². The van der Waals surface area contributed by atoms with Gasteiger partial charge < -0.3 is 5.32 Å². The molecule has 3 rings (SSSR count).